The molecule has 0 aliphatic rings. The van der Waals surface area contributed by atoms with Crippen LogP contribution in [0.4, 0.5) is 0 Å². The highest BCUT2D eigenvalue weighted by Crippen LogP contribution is 2.05. The Labute approximate surface area is 93.5 Å². The van der Waals surface area contributed by atoms with E-state index in [0.717, 1.165) is 12.7 Å². The van der Waals surface area contributed by atoms with E-state index in [4.69, 9.17) is 0 Å². The summed E-state index contributed by atoms with van der Waals surface area (Å²) < 4.78 is 0. The first-order valence-corrected chi connectivity index (χ1v) is 5.40. The summed E-state index contributed by atoms with van der Waals surface area (Å²) >= 11 is 0. The first-order valence-electron chi connectivity index (χ1n) is 5.40. The van der Waals surface area contributed by atoms with Crippen molar-refractivity contribution in [1.82, 2.24) is 0 Å². The number of rotatable bonds is 3. The van der Waals surface area contributed by atoms with E-state index in [1.54, 1.807) is 0 Å². The lowest BCUT2D eigenvalue weighted by molar-refractivity contribution is -0.110. The predicted molar refractivity (Wildman–Crippen MR) is 66.8 cm³/mol. The SMILES string of the molecule is CC.CC(C=O)Cc1ccccc1.CN. The molecule has 0 aliphatic heterocycles. The lowest BCUT2D eigenvalue weighted by Crippen LogP contribution is -1.99. The van der Waals surface area contributed by atoms with Crippen LogP contribution in [0.2, 0.25) is 0 Å². The molecule has 1 aromatic carbocycles. The Morgan fingerprint density at radius 2 is 1.67 bits per heavy atom. The predicted octanol–water partition coefficient (Wildman–Crippen LogP) is 2.67. The van der Waals surface area contributed by atoms with Gasteiger partial charge in [0.05, 0.1) is 0 Å². The van der Waals surface area contributed by atoms with E-state index in [9.17, 15) is 4.79 Å². The summed E-state index contributed by atoms with van der Waals surface area (Å²) in [5, 5.41) is 0. The molecule has 0 saturated carbocycles. The van der Waals surface area contributed by atoms with Gasteiger partial charge in [-0.3, -0.25) is 0 Å². The van der Waals surface area contributed by atoms with E-state index in [0.29, 0.717) is 0 Å². The van der Waals surface area contributed by atoms with Gasteiger partial charge in [-0.05, 0) is 19.0 Å². The lowest BCUT2D eigenvalue weighted by atomic mass is 10.0. The van der Waals surface area contributed by atoms with Crippen LogP contribution in [0.1, 0.15) is 26.3 Å². The average Bonchev–Trinajstić information content (AvgIpc) is 2.35. The Hall–Kier alpha value is -1.15. The number of carbonyl (C=O) groups excluding carboxylic acids is 1. The molecule has 2 heteroatoms. The highest BCUT2D eigenvalue weighted by molar-refractivity contribution is 5.53. The van der Waals surface area contributed by atoms with Gasteiger partial charge in [0.25, 0.3) is 0 Å². The first-order chi connectivity index (χ1) is 7.33. The van der Waals surface area contributed by atoms with E-state index in [-0.39, 0.29) is 5.92 Å². The molecule has 1 unspecified atom stereocenters. The summed E-state index contributed by atoms with van der Waals surface area (Å²) in [6.07, 6.45) is 1.84. The minimum absolute atomic E-state index is 0.136. The second-order valence-electron chi connectivity index (χ2n) is 2.80. The Morgan fingerprint density at radius 3 is 2.07 bits per heavy atom. The van der Waals surface area contributed by atoms with Crippen molar-refractivity contribution in [1.29, 1.82) is 0 Å². The number of carbonyl (C=O) groups is 1. The van der Waals surface area contributed by atoms with Crippen molar-refractivity contribution < 1.29 is 4.79 Å². The highest BCUT2D eigenvalue weighted by Gasteiger charge is 1.99. The molecule has 0 aliphatic carbocycles. The number of hydrogen-bond acceptors (Lipinski definition) is 2. The molecule has 0 aromatic heterocycles. The van der Waals surface area contributed by atoms with Gasteiger partial charge in [0.15, 0.2) is 0 Å². The fourth-order valence-electron chi connectivity index (χ4n) is 1.03. The smallest absolute Gasteiger partial charge is 0.123 e. The van der Waals surface area contributed by atoms with Crippen molar-refractivity contribution in [3.63, 3.8) is 0 Å². The Balaban J connectivity index is 0. The molecule has 0 bridgehead atoms. The van der Waals surface area contributed by atoms with Crippen LogP contribution in [-0.2, 0) is 11.2 Å². The van der Waals surface area contributed by atoms with Crippen LogP contribution in [0, 0.1) is 5.92 Å². The standard InChI is InChI=1S/C10H12O.C2H6.CH5N/c1-9(8-11)7-10-5-3-2-4-6-10;2*1-2/h2-6,8-9H,7H2,1H3;1-2H3;2H2,1H3. The third-order valence-corrected chi connectivity index (χ3v) is 1.63. The Morgan fingerprint density at radius 1 is 1.20 bits per heavy atom. The van der Waals surface area contributed by atoms with Gasteiger partial charge in [-0.25, -0.2) is 0 Å². The van der Waals surface area contributed by atoms with Gasteiger partial charge in [0, 0.05) is 5.92 Å². The summed E-state index contributed by atoms with van der Waals surface area (Å²) in [4.78, 5) is 10.3. The molecule has 2 nitrogen and oxygen atoms in total. The molecule has 0 spiro atoms. The monoisotopic (exact) mass is 209 g/mol. The molecule has 1 atom stereocenters. The molecule has 15 heavy (non-hydrogen) atoms. The van der Waals surface area contributed by atoms with Crippen molar-refractivity contribution in [2.75, 3.05) is 7.05 Å². The maximum Gasteiger partial charge on any atom is 0.123 e. The van der Waals surface area contributed by atoms with Crippen LogP contribution in [0.15, 0.2) is 30.3 Å². The normalized spacial score (nSPS) is 9.93. The maximum atomic E-state index is 10.3. The fourth-order valence-corrected chi connectivity index (χ4v) is 1.03. The molecule has 0 fully saturated rings. The summed E-state index contributed by atoms with van der Waals surface area (Å²) in [6.45, 7) is 5.93. The van der Waals surface area contributed by atoms with Gasteiger partial charge in [0.1, 0.15) is 6.29 Å². The van der Waals surface area contributed by atoms with E-state index in [1.165, 1.54) is 12.6 Å². The van der Waals surface area contributed by atoms with Gasteiger partial charge in [0.2, 0.25) is 0 Å². The van der Waals surface area contributed by atoms with Crippen molar-refractivity contribution in [2.45, 2.75) is 27.2 Å². The number of nitrogens with two attached hydrogens (primary N) is 1. The topological polar surface area (TPSA) is 43.1 Å². The molecule has 0 heterocycles. The fraction of sp³-hybridized carbons (Fsp3) is 0.462. The summed E-state index contributed by atoms with van der Waals surface area (Å²) in [5.41, 5.74) is 5.73. The molecule has 1 rings (SSSR count). The van der Waals surface area contributed by atoms with Gasteiger partial charge < -0.3 is 10.5 Å². The first kappa shape index (κ1) is 16.3. The van der Waals surface area contributed by atoms with Crippen LogP contribution in [0.3, 0.4) is 0 Å². The van der Waals surface area contributed by atoms with Crippen LogP contribution in [0.25, 0.3) is 0 Å². The largest absolute Gasteiger partial charge is 0.333 e. The summed E-state index contributed by atoms with van der Waals surface area (Å²) in [6, 6.07) is 10.1. The number of hydrogen-bond donors (Lipinski definition) is 1. The van der Waals surface area contributed by atoms with Gasteiger partial charge in [-0.1, -0.05) is 51.1 Å². The molecule has 0 amide bonds. The van der Waals surface area contributed by atoms with Crippen molar-refractivity contribution in [3.8, 4) is 0 Å². The van der Waals surface area contributed by atoms with Gasteiger partial charge >= 0.3 is 0 Å². The van der Waals surface area contributed by atoms with E-state index in [1.807, 2.05) is 51.1 Å². The molecule has 1 aromatic rings. The maximum absolute atomic E-state index is 10.3. The Bertz CT molecular complexity index is 221. The molecule has 86 valence electrons. The van der Waals surface area contributed by atoms with E-state index in [2.05, 4.69) is 5.73 Å². The van der Waals surface area contributed by atoms with Crippen molar-refractivity contribution >= 4 is 6.29 Å². The number of aldehydes is 1. The van der Waals surface area contributed by atoms with Crippen molar-refractivity contribution in [2.24, 2.45) is 11.7 Å². The third kappa shape index (κ3) is 9.16. The van der Waals surface area contributed by atoms with Crippen LogP contribution in [0.5, 0.6) is 0 Å². The quantitative estimate of drug-likeness (QED) is 0.778. The van der Waals surface area contributed by atoms with E-state index < -0.39 is 0 Å². The third-order valence-electron chi connectivity index (χ3n) is 1.63. The van der Waals surface area contributed by atoms with Crippen LogP contribution < -0.4 is 5.73 Å². The van der Waals surface area contributed by atoms with Gasteiger partial charge in [-0.15, -0.1) is 0 Å². The van der Waals surface area contributed by atoms with E-state index >= 15 is 0 Å². The molecule has 0 saturated heterocycles. The minimum Gasteiger partial charge on any atom is -0.333 e. The second kappa shape index (κ2) is 12.8. The zero-order valence-corrected chi connectivity index (χ0v) is 10.2. The molecular weight excluding hydrogens is 186 g/mol. The van der Waals surface area contributed by atoms with Gasteiger partial charge in [-0.2, -0.15) is 0 Å². The number of benzene rings is 1. The zero-order valence-electron chi connectivity index (χ0n) is 10.2. The average molecular weight is 209 g/mol. The Kier molecular flexibility index (Phi) is 14.0. The summed E-state index contributed by atoms with van der Waals surface area (Å²) in [5.74, 6) is 0.136. The molecule has 2 N–H and O–H groups in total. The second-order valence-corrected chi connectivity index (χ2v) is 2.80. The molecule has 0 radical (unpaired) electrons. The van der Waals surface area contributed by atoms with Crippen LogP contribution in [-0.4, -0.2) is 13.3 Å². The highest BCUT2D eigenvalue weighted by atomic mass is 16.1. The van der Waals surface area contributed by atoms with Crippen molar-refractivity contribution in [3.05, 3.63) is 35.9 Å². The zero-order chi connectivity index (χ0) is 12.1. The summed E-state index contributed by atoms with van der Waals surface area (Å²) in [7, 11) is 1.50. The van der Waals surface area contributed by atoms with Crippen LogP contribution >= 0.6 is 0 Å². The lowest BCUT2D eigenvalue weighted by Gasteiger charge is -2.01. The minimum atomic E-state index is 0.136. The molecular formula is C13H23NO.